The smallest absolute Gasteiger partial charge is 0.315 e. The Hall–Kier alpha value is -2.17. The summed E-state index contributed by atoms with van der Waals surface area (Å²) in [5, 5.41) is 7.03. The first-order valence-corrected chi connectivity index (χ1v) is 17.9. The van der Waals surface area contributed by atoms with Gasteiger partial charge in [0, 0.05) is 18.7 Å². The Balaban J connectivity index is 1.23. The van der Waals surface area contributed by atoms with Crippen LogP contribution in [0.5, 0.6) is 0 Å². The van der Waals surface area contributed by atoms with Gasteiger partial charge in [-0.3, -0.25) is 9.78 Å². The van der Waals surface area contributed by atoms with Gasteiger partial charge in [0.2, 0.25) is 0 Å². The molecule has 0 spiro atoms. The van der Waals surface area contributed by atoms with Crippen LogP contribution in [0.4, 0.5) is 4.79 Å². The lowest BCUT2D eigenvalue weighted by atomic mass is 9.32. The predicted octanol–water partition coefficient (Wildman–Crippen LogP) is 8.74. The number of fused-ring (bicyclic) bond motifs is 7. The molecule has 240 valence electrons. The Labute approximate surface area is 266 Å². The number of hydrogen-bond acceptors (Lipinski definition) is 3. The van der Waals surface area contributed by atoms with E-state index in [0.29, 0.717) is 29.5 Å². The fourth-order valence-electron chi connectivity index (χ4n) is 12.7. The molecule has 1 heterocycles. The van der Waals surface area contributed by atoms with Crippen LogP contribution in [0, 0.1) is 50.7 Å². The van der Waals surface area contributed by atoms with Gasteiger partial charge in [0.25, 0.3) is 0 Å². The Morgan fingerprint density at radius 3 is 2.27 bits per heavy atom. The molecule has 7 rings (SSSR count). The second kappa shape index (κ2) is 9.67. The summed E-state index contributed by atoms with van der Waals surface area (Å²) in [4.78, 5) is 31.9. The number of nitrogens with one attached hydrogen (secondary N) is 2. The van der Waals surface area contributed by atoms with Crippen LogP contribution in [0.3, 0.4) is 0 Å². The van der Waals surface area contributed by atoms with Crippen molar-refractivity contribution >= 4 is 11.8 Å². The number of ketones is 1. The standard InChI is InChI=1S/C39H57N3O2/c1-24(2)31-26(43)23-35(5)18-19-36(6)25(32(31)35)12-13-28-37(36,7)17-14-27-34(3,4)16-15-29(38(27,28)8)41-33(44)42-39(20-21-39)30-11-9-10-22-40-30/h9-11,22,24-25,27-29H,12-21,23H2,1-8H3,(H2,41,42,44)/t25-,27+,28+,29?,35+,36-,37-,38+/m1/s1. The molecule has 0 aromatic carbocycles. The van der Waals surface area contributed by atoms with E-state index in [1.54, 1.807) is 5.57 Å². The molecule has 44 heavy (non-hydrogen) atoms. The summed E-state index contributed by atoms with van der Waals surface area (Å²) in [6, 6.07) is 6.14. The zero-order valence-electron chi connectivity index (χ0n) is 28.7. The van der Waals surface area contributed by atoms with Crippen LogP contribution in [0.2, 0.25) is 0 Å². The molecule has 1 aromatic heterocycles. The van der Waals surface area contributed by atoms with Crippen molar-refractivity contribution < 1.29 is 9.59 Å². The highest BCUT2D eigenvalue weighted by Gasteiger charge is 2.70. The highest BCUT2D eigenvalue weighted by Crippen LogP contribution is 2.76. The van der Waals surface area contributed by atoms with Crippen LogP contribution in [0.1, 0.15) is 132 Å². The summed E-state index contributed by atoms with van der Waals surface area (Å²) in [7, 11) is 0. The van der Waals surface area contributed by atoms with Gasteiger partial charge in [-0.1, -0.05) is 67.0 Å². The van der Waals surface area contributed by atoms with E-state index in [-0.39, 0.29) is 44.7 Å². The van der Waals surface area contributed by atoms with Gasteiger partial charge in [-0.15, -0.1) is 0 Å². The lowest BCUT2D eigenvalue weighted by molar-refractivity contribution is -0.219. The average Bonchev–Trinajstić information content (AvgIpc) is 3.67. The number of hydrogen-bond donors (Lipinski definition) is 2. The third-order valence-corrected chi connectivity index (χ3v) is 15.3. The van der Waals surface area contributed by atoms with Crippen molar-refractivity contribution in [2.45, 2.75) is 138 Å². The Bertz CT molecular complexity index is 1390. The zero-order valence-corrected chi connectivity index (χ0v) is 28.7. The largest absolute Gasteiger partial charge is 0.335 e. The fraction of sp³-hybridized carbons (Fsp3) is 0.769. The molecule has 1 aromatic rings. The third kappa shape index (κ3) is 4.05. The number of carbonyl (C=O) groups is 2. The molecule has 2 N–H and O–H groups in total. The maximum Gasteiger partial charge on any atom is 0.315 e. The third-order valence-electron chi connectivity index (χ3n) is 15.3. The van der Waals surface area contributed by atoms with E-state index in [9.17, 15) is 9.59 Å². The van der Waals surface area contributed by atoms with E-state index in [0.717, 1.165) is 44.2 Å². The fourth-order valence-corrected chi connectivity index (χ4v) is 12.7. The molecule has 5 heteroatoms. The number of Topliss-reactive ketones (excluding diaryl/α,β-unsaturated/α-hetero) is 1. The maximum absolute atomic E-state index is 13.9. The molecule has 1 unspecified atom stereocenters. The van der Waals surface area contributed by atoms with Crippen molar-refractivity contribution in [1.82, 2.24) is 15.6 Å². The van der Waals surface area contributed by atoms with Gasteiger partial charge in [0.15, 0.2) is 5.78 Å². The van der Waals surface area contributed by atoms with Gasteiger partial charge in [0.05, 0.1) is 11.2 Å². The molecule has 2 amide bonds. The summed E-state index contributed by atoms with van der Waals surface area (Å²) in [5.74, 6) is 2.33. The molecular weight excluding hydrogens is 542 g/mol. The topological polar surface area (TPSA) is 71.1 Å². The minimum atomic E-state index is -0.318. The van der Waals surface area contributed by atoms with Crippen molar-refractivity contribution in [3.63, 3.8) is 0 Å². The molecule has 0 aliphatic heterocycles. The van der Waals surface area contributed by atoms with Gasteiger partial charge in [0.1, 0.15) is 0 Å². The highest BCUT2D eigenvalue weighted by molar-refractivity contribution is 6.00. The minimum absolute atomic E-state index is 0.0171. The predicted molar refractivity (Wildman–Crippen MR) is 176 cm³/mol. The summed E-state index contributed by atoms with van der Waals surface area (Å²) >= 11 is 0. The SMILES string of the molecule is CC(C)C1=C2[C@H]3CC[C@@H]4[C@@]5(C)C(NC(=O)NC6(c7ccccn7)CC6)CCC(C)(C)[C@@H]5CC[C@@]4(C)[C@]3(C)CC[C@@]2(C)CC1=O. The summed E-state index contributed by atoms with van der Waals surface area (Å²) in [6.07, 6.45) is 13.8. The number of urea groups is 1. The molecule has 8 atom stereocenters. The molecule has 5 fully saturated rings. The monoisotopic (exact) mass is 599 g/mol. The molecule has 0 saturated heterocycles. The Morgan fingerprint density at radius 2 is 1.61 bits per heavy atom. The van der Waals surface area contributed by atoms with Crippen LogP contribution >= 0.6 is 0 Å². The molecule has 5 nitrogen and oxygen atoms in total. The Kier molecular flexibility index (Phi) is 6.70. The summed E-state index contributed by atoms with van der Waals surface area (Å²) in [5.41, 5.74) is 4.04. The zero-order chi connectivity index (χ0) is 31.5. The van der Waals surface area contributed by atoms with Crippen molar-refractivity contribution in [3.05, 3.63) is 41.2 Å². The first-order chi connectivity index (χ1) is 20.6. The lowest BCUT2D eigenvalue weighted by Crippen LogP contribution is -2.69. The van der Waals surface area contributed by atoms with Crippen LogP contribution in [-0.4, -0.2) is 22.8 Å². The minimum Gasteiger partial charge on any atom is -0.335 e. The maximum atomic E-state index is 13.9. The number of pyridine rings is 1. The van der Waals surface area contributed by atoms with E-state index in [2.05, 4.69) is 71.0 Å². The molecule has 0 radical (unpaired) electrons. The first-order valence-electron chi connectivity index (χ1n) is 17.9. The number of carbonyl (C=O) groups excluding carboxylic acids is 2. The highest BCUT2D eigenvalue weighted by atomic mass is 16.2. The van der Waals surface area contributed by atoms with Crippen molar-refractivity contribution in [1.29, 1.82) is 0 Å². The van der Waals surface area contributed by atoms with Crippen molar-refractivity contribution in [3.8, 4) is 0 Å². The Morgan fingerprint density at radius 1 is 0.864 bits per heavy atom. The second-order valence-electron chi connectivity index (χ2n) is 18.1. The number of rotatable bonds is 4. The van der Waals surface area contributed by atoms with E-state index >= 15 is 0 Å². The van der Waals surface area contributed by atoms with Crippen LogP contribution in [0.25, 0.3) is 0 Å². The molecule has 6 aliphatic carbocycles. The van der Waals surface area contributed by atoms with Crippen molar-refractivity contribution in [2.75, 3.05) is 0 Å². The van der Waals surface area contributed by atoms with Crippen LogP contribution < -0.4 is 10.6 Å². The summed E-state index contributed by atoms with van der Waals surface area (Å²) in [6.45, 7) is 19.7. The molecule has 6 aliphatic rings. The van der Waals surface area contributed by atoms with E-state index in [4.69, 9.17) is 0 Å². The number of allylic oxidation sites excluding steroid dienone is 2. The molecule has 0 bridgehead atoms. The summed E-state index contributed by atoms with van der Waals surface area (Å²) < 4.78 is 0. The van der Waals surface area contributed by atoms with Gasteiger partial charge in [-0.2, -0.15) is 0 Å². The quantitative estimate of drug-likeness (QED) is 0.364. The normalized spacial score (nSPS) is 43.4. The number of amides is 2. The van der Waals surface area contributed by atoms with Gasteiger partial charge >= 0.3 is 6.03 Å². The van der Waals surface area contributed by atoms with Crippen molar-refractivity contribution in [2.24, 2.45) is 50.7 Å². The average molecular weight is 600 g/mol. The number of aromatic nitrogens is 1. The lowest BCUT2D eigenvalue weighted by Gasteiger charge is -2.72. The molecular formula is C39H57N3O2. The van der Waals surface area contributed by atoms with Crippen LogP contribution in [-0.2, 0) is 10.3 Å². The van der Waals surface area contributed by atoms with Crippen LogP contribution in [0.15, 0.2) is 35.5 Å². The number of nitrogens with zero attached hydrogens (tertiary/aromatic N) is 1. The van der Waals surface area contributed by atoms with Gasteiger partial charge in [-0.05, 0) is 133 Å². The first kappa shape index (κ1) is 30.5. The van der Waals surface area contributed by atoms with E-state index in [1.807, 2.05) is 24.4 Å². The molecule has 5 saturated carbocycles. The van der Waals surface area contributed by atoms with E-state index in [1.165, 1.54) is 37.7 Å². The van der Waals surface area contributed by atoms with Gasteiger partial charge < -0.3 is 10.6 Å². The second-order valence-corrected chi connectivity index (χ2v) is 18.1. The van der Waals surface area contributed by atoms with E-state index < -0.39 is 0 Å². The van der Waals surface area contributed by atoms with Gasteiger partial charge in [-0.25, -0.2) is 4.79 Å².